The van der Waals surface area contributed by atoms with E-state index < -0.39 is 0 Å². The maximum atomic E-state index is 12.2. The zero-order chi connectivity index (χ0) is 13.8. The van der Waals surface area contributed by atoms with Gasteiger partial charge in [0.05, 0.1) is 0 Å². The van der Waals surface area contributed by atoms with E-state index in [9.17, 15) is 9.59 Å². The highest BCUT2D eigenvalue weighted by Crippen LogP contribution is 2.31. The molecule has 2 amide bonds. The molecule has 0 aromatic carbocycles. The third-order valence-electron chi connectivity index (χ3n) is 4.17. The van der Waals surface area contributed by atoms with Crippen LogP contribution >= 0.6 is 0 Å². The molecule has 1 aliphatic heterocycles. The molecule has 108 valence electrons. The van der Waals surface area contributed by atoms with Crippen LogP contribution in [0.15, 0.2) is 0 Å². The van der Waals surface area contributed by atoms with Gasteiger partial charge < -0.3 is 16.0 Å². The summed E-state index contributed by atoms with van der Waals surface area (Å²) in [6.07, 6.45) is 5.61. The van der Waals surface area contributed by atoms with Crippen LogP contribution in [0.25, 0.3) is 0 Å². The molecule has 2 rings (SSSR count). The summed E-state index contributed by atoms with van der Waals surface area (Å²) in [6.45, 7) is 3.09. The maximum Gasteiger partial charge on any atom is 0.242 e. The van der Waals surface area contributed by atoms with Crippen LogP contribution in [0.4, 0.5) is 0 Å². The van der Waals surface area contributed by atoms with Crippen molar-refractivity contribution in [3.8, 4) is 0 Å². The van der Waals surface area contributed by atoms with Crippen LogP contribution in [0.2, 0.25) is 0 Å². The van der Waals surface area contributed by atoms with E-state index in [1.165, 1.54) is 12.8 Å². The van der Waals surface area contributed by atoms with E-state index in [0.29, 0.717) is 25.4 Å². The lowest BCUT2D eigenvalue weighted by atomic mass is 10.0. The van der Waals surface area contributed by atoms with Crippen molar-refractivity contribution >= 4 is 11.8 Å². The van der Waals surface area contributed by atoms with Crippen molar-refractivity contribution in [2.45, 2.75) is 57.5 Å². The zero-order valence-corrected chi connectivity index (χ0v) is 11.7. The van der Waals surface area contributed by atoms with Crippen LogP contribution in [0, 0.1) is 5.92 Å². The summed E-state index contributed by atoms with van der Waals surface area (Å²) >= 11 is 0. The van der Waals surface area contributed by atoms with E-state index in [0.717, 1.165) is 19.3 Å². The molecule has 2 atom stereocenters. The van der Waals surface area contributed by atoms with Gasteiger partial charge in [-0.1, -0.05) is 6.92 Å². The first kappa shape index (κ1) is 14.3. The lowest BCUT2D eigenvalue weighted by molar-refractivity contribution is -0.142. The number of hydrogen-bond acceptors (Lipinski definition) is 3. The molecule has 1 saturated heterocycles. The fraction of sp³-hybridized carbons (Fsp3) is 0.857. The van der Waals surface area contributed by atoms with E-state index in [1.807, 2.05) is 6.92 Å². The monoisotopic (exact) mass is 267 g/mol. The van der Waals surface area contributed by atoms with Gasteiger partial charge in [-0.3, -0.25) is 9.59 Å². The van der Waals surface area contributed by atoms with Crippen LogP contribution in [0.5, 0.6) is 0 Å². The molecule has 5 heteroatoms. The second-order valence-electron chi connectivity index (χ2n) is 5.70. The smallest absolute Gasteiger partial charge is 0.242 e. The number of piperidine rings is 1. The highest BCUT2D eigenvalue weighted by atomic mass is 16.2. The Morgan fingerprint density at radius 1 is 1.32 bits per heavy atom. The minimum Gasteiger partial charge on any atom is -0.353 e. The van der Waals surface area contributed by atoms with Crippen LogP contribution in [0.3, 0.4) is 0 Å². The summed E-state index contributed by atoms with van der Waals surface area (Å²) < 4.78 is 0. The molecule has 0 aromatic heterocycles. The number of carbonyl (C=O) groups is 2. The Kier molecular flexibility index (Phi) is 4.80. The molecular weight excluding hydrogens is 242 g/mol. The Morgan fingerprint density at radius 3 is 2.68 bits per heavy atom. The van der Waals surface area contributed by atoms with Gasteiger partial charge in [0.2, 0.25) is 11.8 Å². The number of rotatable bonds is 5. The van der Waals surface area contributed by atoms with Gasteiger partial charge in [-0.15, -0.1) is 0 Å². The van der Waals surface area contributed by atoms with E-state index in [-0.39, 0.29) is 23.9 Å². The van der Waals surface area contributed by atoms with Gasteiger partial charge in [-0.2, -0.15) is 0 Å². The SMILES string of the molecule is CCC(=O)N1CCCCC1C(=O)NCC(N)C1CC1. The van der Waals surface area contributed by atoms with Crippen molar-refractivity contribution in [3.63, 3.8) is 0 Å². The fourth-order valence-electron chi connectivity index (χ4n) is 2.73. The van der Waals surface area contributed by atoms with E-state index in [2.05, 4.69) is 5.32 Å². The number of nitrogens with zero attached hydrogens (tertiary/aromatic N) is 1. The highest BCUT2D eigenvalue weighted by Gasteiger charge is 2.33. The quantitative estimate of drug-likeness (QED) is 0.767. The minimum absolute atomic E-state index is 0.0300. The largest absolute Gasteiger partial charge is 0.353 e. The predicted molar refractivity (Wildman–Crippen MR) is 73.4 cm³/mol. The molecule has 2 unspecified atom stereocenters. The van der Waals surface area contributed by atoms with E-state index in [4.69, 9.17) is 5.73 Å². The molecule has 2 fully saturated rings. The van der Waals surface area contributed by atoms with Crippen molar-refractivity contribution in [1.29, 1.82) is 0 Å². The Balaban J connectivity index is 1.85. The zero-order valence-electron chi connectivity index (χ0n) is 11.7. The van der Waals surface area contributed by atoms with Crippen molar-refractivity contribution in [2.24, 2.45) is 11.7 Å². The summed E-state index contributed by atoms with van der Waals surface area (Å²) in [5.41, 5.74) is 5.98. The van der Waals surface area contributed by atoms with Gasteiger partial charge in [0.25, 0.3) is 0 Å². The molecular formula is C14H25N3O2. The molecule has 5 nitrogen and oxygen atoms in total. The van der Waals surface area contributed by atoms with Crippen LogP contribution < -0.4 is 11.1 Å². The van der Waals surface area contributed by atoms with Gasteiger partial charge in [0.1, 0.15) is 6.04 Å². The van der Waals surface area contributed by atoms with Crippen molar-refractivity contribution in [2.75, 3.05) is 13.1 Å². The molecule has 0 bridgehead atoms. The number of nitrogens with one attached hydrogen (secondary N) is 1. The summed E-state index contributed by atoms with van der Waals surface area (Å²) in [5.74, 6) is 0.629. The lowest BCUT2D eigenvalue weighted by Crippen LogP contribution is -2.53. The first-order chi connectivity index (χ1) is 9.13. The average Bonchev–Trinajstić information content (AvgIpc) is 3.28. The standard InChI is InChI=1S/C14H25N3O2/c1-2-13(18)17-8-4-3-5-12(17)14(19)16-9-11(15)10-6-7-10/h10-12H,2-9,15H2,1H3,(H,16,19). The second-order valence-corrected chi connectivity index (χ2v) is 5.70. The van der Waals surface area contributed by atoms with E-state index in [1.54, 1.807) is 4.90 Å². The summed E-state index contributed by atoms with van der Waals surface area (Å²) in [6, 6.07) is -0.213. The van der Waals surface area contributed by atoms with Crippen molar-refractivity contribution in [1.82, 2.24) is 10.2 Å². The fourth-order valence-corrected chi connectivity index (χ4v) is 2.73. The van der Waals surface area contributed by atoms with Crippen LogP contribution in [0.1, 0.15) is 45.4 Å². The first-order valence-corrected chi connectivity index (χ1v) is 7.46. The van der Waals surface area contributed by atoms with Gasteiger partial charge in [0, 0.05) is 25.6 Å². The molecule has 1 heterocycles. The first-order valence-electron chi connectivity index (χ1n) is 7.46. The normalized spacial score (nSPS) is 24.9. The Hall–Kier alpha value is -1.10. The Morgan fingerprint density at radius 2 is 2.05 bits per heavy atom. The molecule has 19 heavy (non-hydrogen) atoms. The van der Waals surface area contributed by atoms with Gasteiger partial charge >= 0.3 is 0 Å². The summed E-state index contributed by atoms with van der Waals surface area (Å²) in [5, 5.41) is 2.92. The number of nitrogens with two attached hydrogens (primary N) is 1. The van der Waals surface area contributed by atoms with E-state index >= 15 is 0 Å². The molecule has 3 N–H and O–H groups in total. The van der Waals surface area contributed by atoms with Crippen molar-refractivity contribution in [3.05, 3.63) is 0 Å². The Labute approximate surface area is 114 Å². The second kappa shape index (κ2) is 6.37. The van der Waals surface area contributed by atoms with Gasteiger partial charge in [-0.05, 0) is 38.0 Å². The summed E-state index contributed by atoms with van der Waals surface area (Å²) in [4.78, 5) is 25.8. The molecule has 0 aromatic rings. The molecule has 2 aliphatic rings. The highest BCUT2D eigenvalue weighted by molar-refractivity contribution is 5.87. The van der Waals surface area contributed by atoms with Crippen molar-refractivity contribution < 1.29 is 9.59 Å². The maximum absolute atomic E-state index is 12.2. The topological polar surface area (TPSA) is 75.4 Å². The minimum atomic E-state index is -0.285. The third-order valence-corrected chi connectivity index (χ3v) is 4.17. The number of carbonyl (C=O) groups excluding carboxylic acids is 2. The molecule has 0 spiro atoms. The number of hydrogen-bond donors (Lipinski definition) is 2. The molecule has 0 radical (unpaired) electrons. The third kappa shape index (κ3) is 3.69. The molecule has 1 aliphatic carbocycles. The predicted octanol–water partition coefficient (Wildman–Crippen LogP) is 0.631. The molecule has 1 saturated carbocycles. The average molecular weight is 267 g/mol. The number of likely N-dealkylation sites (tertiary alicyclic amines) is 1. The van der Waals surface area contributed by atoms with Gasteiger partial charge in [-0.25, -0.2) is 0 Å². The van der Waals surface area contributed by atoms with Crippen LogP contribution in [-0.4, -0.2) is 41.9 Å². The van der Waals surface area contributed by atoms with Crippen LogP contribution in [-0.2, 0) is 9.59 Å². The summed E-state index contributed by atoms with van der Waals surface area (Å²) in [7, 11) is 0. The Bertz CT molecular complexity index is 342. The number of amides is 2. The lowest BCUT2D eigenvalue weighted by Gasteiger charge is -2.34. The van der Waals surface area contributed by atoms with Gasteiger partial charge in [0.15, 0.2) is 0 Å².